The molecule has 0 aliphatic heterocycles. The van der Waals surface area contributed by atoms with E-state index in [1.165, 1.54) is 4.88 Å². The number of thiophene rings is 1. The lowest BCUT2D eigenvalue weighted by atomic mass is 9.95. The van der Waals surface area contributed by atoms with Gasteiger partial charge in [0.25, 0.3) is 0 Å². The molecule has 1 aromatic heterocycles. The normalized spacial score (nSPS) is 12.8. The molecule has 2 aromatic rings. The van der Waals surface area contributed by atoms with Gasteiger partial charge in [-0.2, -0.15) is 5.26 Å². The zero-order chi connectivity index (χ0) is 15.6. The second-order valence-corrected chi connectivity index (χ2v) is 8.16. The van der Waals surface area contributed by atoms with Crippen molar-refractivity contribution in [3.63, 3.8) is 0 Å². The SMILES string of the molecule is CC(C)(C)c1ccc(C(C#N)Nc2ccc(Cl)c(Br)c2)s1. The standard InChI is InChI=1S/C16H16BrClN2S/c1-16(2,3)15-7-6-14(21-15)13(9-19)20-10-4-5-12(18)11(17)8-10/h4-8,13,20H,1-3H3. The molecule has 0 fully saturated rings. The van der Waals surface area contributed by atoms with Gasteiger partial charge in [-0.3, -0.25) is 0 Å². The summed E-state index contributed by atoms with van der Waals surface area (Å²) in [6, 6.07) is 11.6. The van der Waals surface area contributed by atoms with Crippen LogP contribution in [0, 0.1) is 11.3 Å². The first-order chi connectivity index (χ1) is 9.81. The summed E-state index contributed by atoms with van der Waals surface area (Å²) in [5.41, 5.74) is 0.968. The van der Waals surface area contributed by atoms with Crippen molar-refractivity contribution < 1.29 is 0 Å². The van der Waals surface area contributed by atoms with Crippen LogP contribution in [-0.2, 0) is 5.41 Å². The van der Waals surface area contributed by atoms with Crippen molar-refractivity contribution in [2.45, 2.75) is 32.2 Å². The van der Waals surface area contributed by atoms with E-state index in [1.807, 2.05) is 18.2 Å². The molecule has 0 spiro atoms. The highest BCUT2D eigenvalue weighted by Gasteiger charge is 2.19. The molecule has 1 atom stereocenters. The molecule has 0 aliphatic carbocycles. The number of hydrogen-bond acceptors (Lipinski definition) is 3. The van der Waals surface area contributed by atoms with Gasteiger partial charge in [0.1, 0.15) is 6.04 Å². The van der Waals surface area contributed by atoms with Gasteiger partial charge in [-0.05, 0) is 51.7 Å². The molecule has 0 amide bonds. The van der Waals surface area contributed by atoms with Gasteiger partial charge in [0, 0.05) is 19.9 Å². The second-order valence-electron chi connectivity index (χ2n) is 5.79. The van der Waals surface area contributed by atoms with E-state index in [1.54, 1.807) is 17.4 Å². The van der Waals surface area contributed by atoms with E-state index in [0.717, 1.165) is 15.0 Å². The first-order valence-electron chi connectivity index (χ1n) is 6.52. The highest BCUT2D eigenvalue weighted by Crippen LogP contribution is 2.34. The number of rotatable bonds is 3. The lowest BCUT2D eigenvalue weighted by molar-refractivity contribution is 0.604. The number of benzene rings is 1. The van der Waals surface area contributed by atoms with E-state index in [0.29, 0.717) is 5.02 Å². The molecular formula is C16H16BrClN2S. The Morgan fingerprint density at radius 1 is 1.29 bits per heavy atom. The molecule has 0 saturated carbocycles. The maximum Gasteiger partial charge on any atom is 0.149 e. The molecule has 1 heterocycles. The fourth-order valence-corrected chi connectivity index (χ4v) is 3.39. The summed E-state index contributed by atoms with van der Waals surface area (Å²) in [6.07, 6.45) is 0. The van der Waals surface area contributed by atoms with Crippen molar-refractivity contribution >= 4 is 44.6 Å². The van der Waals surface area contributed by atoms with Gasteiger partial charge in [0.2, 0.25) is 0 Å². The first-order valence-corrected chi connectivity index (χ1v) is 8.51. The Morgan fingerprint density at radius 3 is 2.52 bits per heavy atom. The van der Waals surface area contributed by atoms with Crippen LogP contribution in [0.3, 0.4) is 0 Å². The Morgan fingerprint density at radius 2 is 2.00 bits per heavy atom. The van der Waals surface area contributed by atoms with E-state index in [9.17, 15) is 5.26 Å². The van der Waals surface area contributed by atoms with E-state index < -0.39 is 0 Å². The molecule has 0 aliphatic rings. The van der Waals surface area contributed by atoms with Crippen molar-refractivity contribution in [1.29, 1.82) is 5.26 Å². The Bertz CT molecular complexity index is 682. The van der Waals surface area contributed by atoms with Crippen LogP contribution in [-0.4, -0.2) is 0 Å². The van der Waals surface area contributed by atoms with Gasteiger partial charge in [0.05, 0.1) is 11.1 Å². The molecular weight excluding hydrogens is 368 g/mol. The minimum atomic E-state index is -0.362. The summed E-state index contributed by atoms with van der Waals surface area (Å²) in [5, 5.41) is 13.3. The molecule has 110 valence electrons. The predicted molar refractivity (Wildman–Crippen MR) is 94.1 cm³/mol. The van der Waals surface area contributed by atoms with Gasteiger partial charge >= 0.3 is 0 Å². The summed E-state index contributed by atoms with van der Waals surface area (Å²) in [6.45, 7) is 6.52. The van der Waals surface area contributed by atoms with Crippen LogP contribution in [0.25, 0.3) is 0 Å². The minimum Gasteiger partial charge on any atom is -0.366 e. The van der Waals surface area contributed by atoms with Gasteiger partial charge in [0.15, 0.2) is 0 Å². The largest absolute Gasteiger partial charge is 0.366 e. The Balaban J connectivity index is 2.22. The van der Waals surface area contributed by atoms with Crippen LogP contribution in [0.1, 0.15) is 36.6 Å². The summed E-state index contributed by atoms with van der Waals surface area (Å²) in [5.74, 6) is 0. The van der Waals surface area contributed by atoms with Crippen LogP contribution >= 0.6 is 38.9 Å². The third-order valence-electron chi connectivity index (χ3n) is 3.01. The van der Waals surface area contributed by atoms with E-state index in [2.05, 4.69) is 54.2 Å². The first kappa shape index (κ1) is 16.4. The third kappa shape index (κ3) is 4.00. The van der Waals surface area contributed by atoms with Gasteiger partial charge < -0.3 is 5.32 Å². The van der Waals surface area contributed by atoms with Crippen LogP contribution in [0.2, 0.25) is 5.02 Å². The Kier molecular flexibility index (Phi) is 4.98. The number of hydrogen-bond donors (Lipinski definition) is 1. The van der Waals surface area contributed by atoms with Crippen molar-refractivity contribution in [3.8, 4) is 6.07 Å². The average Bonchev–Trinajstić information content (AvgIpc) is 2.89. The predicted octanol–water partition coefficient (Wildman–Crippen LogP) is 6.14. The van der Waals surface area contributed by atoms with Gasteiger partial charge in [-0.1, -0.05) is 32.4 Å². The monoisotopic (exact) mass is 382 g/mol. The minimum absolute atomic E-state index is 0.103. The van der Waals surface area contributed by atoms with Crippen molar-refractivity contribution in [3.05, 3.63) is 49.6 Å². The van der Waals surface area contributed by atoms with Crippen LogP contribution < -0.4 is 5.32 Å². The molecule has 1 unspecified atom stereocenters. The number of nitrogens with zero attached hydrogens (tertiary/aromatic N) is 1. The number of nitrogens with one attached hydrogen (secondary N) is 1. The average molecular weight is 384 g/mol. The fraction of sp³-hybridized carbons (Fsp3) is 0.312. The topological polar surface area (TPSA) is 35.8 Å². The Hall–Kier alpha value is -1.02. The fourth-order valence-electron chi connectivity index (χ4n) is 1.83. The quantitative estimate of drug-likeness (QED) is 0.691. The van der Waals surface area contributed by atoms with Crippen molar-refractivity contribution in [2.24, 2.45) is 0 Å². The van der Waals surface area contributed by atoms with Crippen LogP contribution in [0.5, 0.6) is 0 Å². The lowest BCUT2D eigenvalue weighted by Gasteiger charge is -2.16. The summed E-state index contributed by atoms with van der Waals surface area (Å²) >= 11 is 11.1. The molecule has 2 rings (SSSR count). The number of nitriles is 1. The van der Waals surface area contributed by atoms with E-state index in [4.69, 9.17) is 11.6 Å². The van der Waals surface area contributed by atoms with Crippen molar-refractivity contribution in [2.75, 3.05) is 5.32 Å². The van der Waals surface area contributed by atoms with Crippen molar-refractivity contribution in [1.82, 2.24) is 0 Å². The van der Waals surface area contributed by atoms with Gasteiger partial charge in [-0.25, -0.2) is 0 Å². The number of anilines is 1. The lowest BCUT2D eigenvalue weighted by Crippen LogP contribution is -2.08. The van der Waals surface area contributed by atoms with E-state index in [-0.39, 0.29) is 11.5 Å². The zero-order valence-electron chi connectivity index (χ0n) is 12.1. The maximum absolute atomic E-state index is 9.43. The summed E-state index contributed by atoms with van der Waals surface area (Å²) in [7, 11) is 0. The van der Waals surface area contributed by atoms with Crippen LogP contribution in [0.15, 0.2) is 34.8 Å². The molecule has 0 saturated heterocycles. The van der Waals surface area contributed by atoms with Crippen LogP contribution in [0.4, 0.5) is 5.69 Å². The number of halogens is 2. The molecule has 0 radical (unpaired) electrons. The summed E-state index contributed by atoms with van der Waals surface area (Å²) < 4.78 is 0.812. The smallest absolute Gasteiger partial charge is 0.149 e. The maximum atomic E-state index is 9.43. The molecule has 5 heteroatoms. The second kappa shape index (κ2) is 6.39. The Labute approximate surface area is 142 Å². The molecule has 1 aromatic carbocycles. The zero-order valence-corrected chi connectivity index (χ0v) is 15.2. The highest BCUT2D eigenvalue weighted by molar-refractivity contribution is 9.10. The third-order valence-corrected chi connectivity index (χ3v) is 5.80. The van der Waals surface area contributed by atoms with E-state index >= 15 is 0 Å². The molecule has 0 bridgehead atoms. The molecule has 21 heavy (non-hydrogen) atoms. The molecule has 2 nitrogen and oxygen atoms in total. The molecule has 1 N–H and O–H groups in total. The van der Waals surface area contributed by atoms with Gasteiger partial charge in [-0.15, -0.1) is 11.3 Å². The highest BCUT2D eigenvalue weighted by atomic mass is 79.9. The summed E-state index contributed by atoms with van der Waals surface area (Å²) in [4.78, 5) is 2.30.